The Bertz CT molecular complexity index is 412. The van der Waals surface area contributed by atoms with Gasteiger partial charge in [0.1, 0.15) is 5.76 Å². The summed E-state index contributed by atoms with van der Waals surface area (Å²) in [6.45, 7) is 0.658. The van der Waals surface area contributed by atoms with E-state index in [2.05, 4.69) is 9.72 Å². The van der Waals surface area contributed by atoms with Crippen molar-refractivity contribution in [3.8, 4) is 0 Å². The molecule has 2 rings (SSSR count). The van der Waals surface area contributed by atoms with Crippen LogP contribution in [0.1, 0.15) is 22.5 Å². The lowest BCUT2D eigenvalue weighted by molar-refractivity contribution is 0.0593. The number of esters is 1. The van der Waals surface area contributed by atoms with Crippen LogP contribution in [-0.4, -0.2) is 24.7 Å². The van der Waals surface area contributed by atoms with Crippen molar-refractivity contribution in [3.63, 3.8) is 0 Å². The van der Waals surface area contributed by atoms with E-state index in [9.17, 15) is 4.79 Å². The maximum absolute atomic E-state index is 11.4. The van der Waals surface area contributed by atoms with Crippen LogP contribution in [-0.2, 0) is 9.47 Å². The summed E-state index contributed by atoms with van der Waals surface area (Å²) in [5.74, 6) is 0.269. The Morgan fingerprint density at radius 1 is 1.60 bits per heavy atom. The van der Waals surface area contributed by atoms with Crippen molar-refractivity contribution in [2.24, 2.45) is 0 Å². The molecule has 0 aliphatic carbocycles. The van der Waals surface area contributed by atoms with E-state index in [1.54, 1.807) is 18.3 Å². The zero-order chi connectivity index (χ0) is 10.7. The molecule has 0 spiro atoms. The van der Waals surface area contributed by atoms with Crippen LogP contribution in [0.25, 0.3) is 5.76 Å². The Kier molecular flexibility index (Phi) is 2.67. The smallest absolute Gasteiger partial charge is 0.357 e. The Morgan fingerprint density at radius 2 is 2.47 bits per heavy atom. The normalized spacial score (nSPS) is 14.3. The van der Waals surface area contributed by atoms with Gasteiger partial charge in [0.2, 0.25) is 0 Å². The van der Waals surface area contributed by atoms with E-state index < -0.39 is 5.97 Å². The summed E-state index contributed by atoms with van der Waals surface area (Å²) in [4.78, 5) is 15.4. The molecule has 0 N–H and O–H groups in total. The lowest BCUT2D eigenvalue weighted by atomic mass is 10.1. The van der Waals surface area contributed by atoms with Gasteiger partial charge in [0, 0.05) is 18.2 Å². The minimum absolute atomic E-state index is 0.299. The first-order valence-corrected chi connectivity index (χ1v) is 4.69. The van der Waals surface area contributed by atoms with Crippen molar-refractivity contribution in [1.29, 1.82) is 0 Å². The van der Waals surface area contributed by atoms with Gasteiger partial charge in [-0.25, -0.2) is 9.78 Å². The highest BCUT2D eigenvalue weighted by atomic mass is 16.5. The predicted molar refractivity (Wildman–Crippen MR) is 54.1 cm³/mol. The largest absolute Gasteiger partial charge is 0.493 e. The Hall–Kier alpha value is -1.84. The molecule has 0 bridgehead atoms. The topological polar surface area (TPSA) is 48.4 Å². The van der Waals surface area contributed by atoms with Crippen molar-refractivity contribution < 1.29 is 14.3 Å². The van der Waals surface area contributed by atoms with Gasteiger partial charge in [0.15, 0.2) is 5.69 Å². The molecule has 1 aliphatic rings. The molecule has 4 nitrogen and oxygen atoms in total. The molecule has 0 fully saturated rings. The number of nitrogens with zero attached hydrogens (tertiary/aromatic N) is 1. The molecule has 4 heteroatoms. The third-order valence-corrected chi connectivity index (χ3v) is 2.16. The number of hydrogen-bond donors (Lipinski definition) is 0. The third-order valence-electron chi connectivity index (χ3n) is 2.16. The van der Waals surface area contributed by atoms with E-state index in [4.69, 9.17) is 4.74 Å². The number of hydrogen-bond acceptors (Lipinski definition) is 4. The zero-order valence-corrected chi connectivity index (χ0v) is 8.40. The molecule has 0 radical (unpaired) electrons. The van der Waals surface area contributed by atoms with Crippen LogP contribution in [0.15, 0.2) is 24.4 Å². The first-order valence-electron chi connectivity index (χ1n) is 4.69. The summed E-state index contributed by atoms with van der Waals surface area (Å²) in [5, 5.41) is 0. The molecule has 1 aliphatic heterocycles. The van der Waals surface area contributed by atoms with Crippen LogP contribution in [0.3, 0.4) is 0 Å². The van der Waals surface area contributed by atoms with Gasteiger partial charge < -0.3 is 9.47 Å². The molecular weight excluding hydrogens is 194 g/mol. The SMILES string of the molecule is COC(=O)c1ncccc1C1=CCCO1. The first-order chi connectivity index (χ1) is 7.33. The molecule has 1 aromatic heterocycles. The fraction of sp³-hybridized carbons (Fsp3) is 0.273. The molecule has 0 aromatic carbocycles. The average Bonchev–Trinajstić information content (AvgIpc) is 2.81. The van der Waals surface area contributed by atoms with Gasteiger partial charge in [-0.05, 0) is 18.2 Å². The second-order valence-corrected chi connectivity index (χ2v) is 3.10. The second-order valence-electron chi connectivity index (χ2n) is 3.10. The minimum Gasteiger partial charge on any atom is -0.493 e. The average molecular weight is 205 g/mol. The van der Waals surface area contributed by atoms with E-state index in [0.717, 1.165) is 6.42 Å². The summed E-state index contributed by atoms with van der Waals surface area (Å²) >= 11 is 0. The summed E-state index contributed by atoms with van der Waals surface area (Å²) in [5.41, 5.74) is 0.995. The van der Waals surface area contributed by atoms with Crippen molar-refractivity contribution in [1.82, 2.24) is 4.98 Å². The summed E-state index contributed by atoms with van der Waals surface area (Å²) in [7, 11) is 1.34. The van der Waals surface area contributed by atoms with E-state index >= 15 is 0 Å². The second kappa shape index (κ2) is 4.13. The number of aromatic nitrogens is 1. The molecule has 0 unspecified atom stereocenters. The van der Waals surface area contributed by atoms with Crippen LogP contribution < -0.4 is 0 Å². The van der Waals surface area contributed by atoms with Gasteiger partial charge in [0.25, 0.3) is 0 Å². The zero-order valence-electron chi connectivity index (χ0n) is 8.40. The molecular formula is C11H11NO3. The van der Waals surface area contributed by atoms with Gasteiger partial charge in [-0.3, -0.25) is 0 Å². The predicted octanol–water partition coefficient (Wildman–Crippen LogP) is 1.63. The number of carbonyl (C=O) groups excluding carboxylic acids is 1. The van der Waals surface area contributed by atoms with Gasteiger partial charge >= 0.3 is 5.97 Å². The summed E-state index contributed by atoms with van der Waals surface area (Å²) < 4.78 is 10.0. The van der Waals surface area contributed by atoms with Crippen molar-refractivity contribution in [2.75, 3.05) is 13.7 Å². The van der Waals surface area contributed by atoms with E-state index in [1.165, 1.54) is 7.11 Å². The van der Waals surface area contributed by atoms with Crippen LogP contribution in [0.4, 0.5) is 0 Å². The van der Waals surface area contributed by atoms with E-state index in [-0.39, 0.29) is 0 Å². The number of pyridine rings is 1. The molecule has 15 heavy (non-hydrogen) atoms. The van der Waals surface area contributed by atoms with Crippen LogP contribution in [0.5, 0.6) is 0 Å². The van der Waals surface area contributed by atoms with Crippen molar-refractivity contribution >= 4 is 11.7 Å². The Balaban J connectivity index is 2.41. The Labute approximate surface area is 87.5 Å². The summed E-state index contributed by atoms with van der Waals surface area (Å²) in [6.07, 6.45) is 4.37. The number of methoxy groups -OCH3 is 1. The number of ether oxygens (including phenoxy) is 2. The standard InChI is InChI=1S/C11H11NO3/c1-14-11(13)10-8(4-2-6-12-10)9-5-3-7-15-9/h2,4-6H,3,7H2,1H3. The third kappa shape index (κ3) is 1.83. The maximum atomic E-state index is 11.4. The number of rotatable bonds is 2. The Morgan fingerprint density at radius 3 is 3.13 bits per heavy atom. The highest BCUT2D eigenvalue weighted by Gasteiger charge is 2.18. The summed E-state index contributed by atoms with van der Waals surface area (Å²) in [6, 6.07) is 3.57. The molecule has 0 amide bonds. The highest BCUT2D eigenvalue weighted by molar-refractivity contribution is 5.92. The molecule has 2 heterocycles. The molecule has 0 saturated heterocycles. The van der Waals surface area contributed by atoms with Crippen molar-refractivity contribution in [2.45, 2.75) is 6.42 Å². The monoisotopic (exact) mass is 205 g/mol. The number of carbonyl (C=O) groups is 1. The van der Waals surface area contributed by atoms with E-state index in [0.29, 0.717) is 23.6 Å². The highest BCUT2D eigenvalue weighted by Crippen LogP contribution is 2.24. The molecule has 0 atom stereocenters. The first kappa shape index (κ1) is 9.71. The molecule has 78 valence electrons. The minimum atomic E-state index is -0.443. The van der Waals surface area contributed by atoms with Crippen LogP contribution in [0.2, 0.25) is 0 Å². The lowest BCUT2D eigenvalue weighted by Crippen LogP contribution is -2.08. The van der Waals surface area contributed by atoms with E-state index in [1.807, 2.05) is 6.08 Å². The fourth-order valence-corrected chi connectivity index (χ4v) is 1.47. The van der Waals surface area contributed by atoms with Gasteiger partial charge in [-0.1, -0.05) is 0 Å². The van der Waals surface area contributed by atoms with Crippen LogP contribution >= 0.6 is 0 Å². The lowest BCUT2D eigenvalue weighted by Gasteiger charge is -2.07. The fourth-order valence-electron chi connectivity index (χ4n) is 1.47. The van der Waals surface area contributed by atoms with Crippen molar-refractivity contribution in [3.05, 3.63) is 35.7 Å². The van der Waals surface area contributed by atoms with Gasteiger partial charge in [-0.15, -0.1) is 0 Å². The van der Waals surface area contributed by atoms with Gasteiger partial charge in [0.05, 0.1) is 13.7 Å². The van der Waals surface area contributed by atoms with Gasteiger partial charge in [-0.2, -0.15) is 0 Å². The maximum Gasteiger partial charge on any atom is 0.357 e. The molecule has 0 saturated carbocycles. The van der Waals surface area contributed by atoms with Crippen LogP contribution in [0, 0.1) is 0 Å². The molecule has 1 aromatic rings. The quantitative estimate of drug-likeness (QED) is 0.688.